The first-order valence-electron chi connectivity index (χ1n) is 12.5. The zero-order valence-corrected chi connectivity index (χ0v) is 23.0. The van der Waals surface area contributed by atoms with Gasteiger partial charge in [0.25, 0.3) is 0 Å². The third-order valence-electron chi connectivity index (χ3n) is 5.50. The van der Waals surface area contributed by atoms with E-state index in [1.807, 2.05) is 10.6 Å². The Bertz CT molecular complexity index is 1350. The minimum atomic E-state index is -1.31. The summed E-state index contributed by atoms with van der Waals surface area (Å²) in [7, 11) is 0. The summed E-state index contributed by atoms with van der Waals surface area (Å²) in [5.74, 6) is -4.76. The number of nitrogens with two attached hydrogens (primary N) is 2. The van der Waals surface area contributed by atoms with Gasteiger partial charge in [0, 0.05) is 0 Å². The van der Waals surface area contributed by atoms with Crippen LogP contribution in [-0.2, 0) is 26.2 Å². The minimum absolute atomic E-state index is 0. The molecule has 0 amide bonds. The maximum absolute atomic E-state index is 10.8. The van der Waals surface area contributed by atoms with Crippen LogP contribution in [0.5, 0.6) is 0 Å². The lowest BCUT2D eigenvalue weighted by atomic mass is 10.2. The van der Waals surface area contributed by atoms with Crippen molar-refractivity contribution < 1.29 is 61.2 Å². The molecule has 0 fully saturated rings. The highest BCUT2D eigenvalue weighted by Gasteiger charge is 2.08. The van der Waals surface area contributed by atoms with Crippen molar-refractivity contribution in [3.63, 3.8) is 0 Å². The van der Waals surface area contributed by atoms with Gasteiger partial charge in [0.15, 0.2) is 0 Å². The lowest BCUT2D eigenvalue weighted by Gasteiger charge is -2.05. The second kappa shape index (κ2) is 18.0. The molecule has 4 aromatic rings. The Morgan fingerprint density at radius 2 is 0.750 bits per heavy atom. The van der Waals surface area contributed by atoms with Gasteiger partial charge >= 0.3 is 11.9 Å². The number of nitrogens with zero attached hydrogens (tertiary/aromatic N) is 4. The number of carboxylic acids is 4. The van der Waals surface area contributed by atoms with Crippen LogP contribution in [-0.4, -0.2) is 65.0 Å². The summed E-state index contributed by atoms with van der Waals surface area (Å²) in [5, 5.41) is 42.8. The maximum atomic E-state index is 10.8. The molecule has 0 saturated heterocycles. The standard InChI is InChI=1S/2C14H13N3O4.2H2O/c2*18-13(19)11-5-1-3-9(16-11)7-15-8-10-4-2-6-12(17-10)14(20)21;;/h2*1-6,15H,7-8H2,(H,18,19)(H,20,21);2*1H2. The molecule has 0 atom stereocenters. The SMILES string of the molecule is O.O.O=C([O-])c1cccc(C[NH2+]Cc2cccc(C(=O)O)n2)n1.O=C([O-])c1cccc(C[NH2+]Cc2cccc(C(=O)O)n2)n1. The lowest BCUT2D eigenvalue weighted by Crippen LogP contribution is -2.81. The molecule has 0 spiro atoms. The fourth-order valence-electron chi connectivity index (χ4n) is 3.57. The summed E-state index contributed by atoms with van der Waals surface area (Å²) in [6.45, 7) is 1.86. The molecule has 0 aliphatic rings. The second-order valence-corrected chi connectivity index (χ2v) is 8.64. The van der Waals surface area contributed by atoms with E-state index in [4.69, 9.17) is 10.2 Å². The molecule has 16 nitrogen and oxygen atoms in total. The van der Waals surface area contributed by atoms with Gasteiger partial charge in [-0.15, -0.1) is 0 Å². The average Bonchev–Trinajstić information content (AvgIpc) is 2.98. The first-order valence-corrected chi connectivity index (χ1v) is 12.5. The van der Waals surface area contributed by atoms with Crippen LogP contribution in [0.1, 0.15) is 64.7 Å². The molecule has 4 aromatic heterocycles. The molecular weight excluding hydrogens is 580 g/mol. The van der Waals surface area contributed by atoms with E-state index < -0.39 is 23.9 Å². The van der Waals surface area contributed by atoms with Gasteiger partial charge in [0.1, 0.15) is 37.6 Å². The highest BCUT2D eigenvalue weighted by atomic mass is 16.4. The van der Waals surface area contributed by atoms with Crippen molar-refractivity contribution in [1.29, 1.82) is 0 Å². The van der Waals surface area contributed by atoms with Crippen LogP contribution in [0.25, 0.3) is 0 Å². The van der Waals surface area contributed by atoms with E-state index in [1.165, 1.54) is 24.3 Å². The van der Waals surface area contributed by atoms with Crippen LogP contribution in [0, 0.1) is 0 Å². The van der Waals surface area contributed by atoms with Crippen molar-refractivity contribution in [3.05, 3.63) is 118 Å². The number of aromatic carboxylic acids is 4. The van der Waals surface area contributed by atoms with Gasteiger partial charge in [-0.25, -0.2) is 29.5 Å². The fraction of sp³-hybridized carbons (Fsp3) is 0.143. The number of carboxylic acid groups (broad SMARTS) is 4. The fourth-order valence-corrected chi connectivity index (χ4v) is 3.57. The third kappa shape index (κ3) is 11.7. The normalized spacial score (nSPS) is 9.82. The van der Waals surface area contributed by atoms with Gasteiger partial charge in [-0.05, 0) is 48.5 Å². The van der Waals surface area contributed by atoms with Crippen LogP contribution >= 0.6 is 0 Å². The van der Waals surface area contributed by atoms with E-state index in [-0.39, 0.29) is 33.7 Å². The van der Waals surface area contributed by atoms with Gasteiger partial charge in [-0.2, -0.15) is 0 Å². The van der Waals surface area contributed by atoms with Crippen LogP contribution in [0.2, 0.25) is 0 Å². The largest absolute Gasteiger partial charge is 0.543 e. The summed E-state index contributed by atoms with van der Waals surface area (Å²) in [6.07, 6.45) is 0. The second-order valence-electron chi connectivity index (χ2n) is 8.64. The summed E-state index contributed by atoms with van der Waals surface area (Å²) in [4.78, 5) is 58.9. The van der Waals surface area contributed by atoms with Crippen molar-refractivity contribution in [3.8, 4) is 0 Å². The molecule has 0 bridgehead atoms. The van der Waals surface area contributed by atoms with E-state index in [0.717, 1.165) is 0 Å². The smallest absolute Gasteiger partial charge is 0.354 e. The van der Waals surface area contributed by atoms with Gasteiger partial charge in [0.2, 0.25) is 0 Å². The number of rotatable bonds is 12. The number of hydrogen-bond donors (Lipinski definition) is 4. The van der Waals surface area contributed by atoms with Crippen molar-refractivity contribution >= 4 is 23.9 Å². The van der Waals surface area contributed by atoms with Crippen molar-refractivity contribution in [2.24, 2.45) is 0 Å². The molecule has 0 radical (unpaired) electrons. The van der Waals surface area contributed by atoms with E-state index in [1.54, 1.807) is 48.5 Å². The van der Waals surface area contributed by atoms with E-state index in [2.05, 4.69) is 19.9 Å². The number of quaternary nitrogens is 2. The van der Waals surface area contributed by atoms with E-state index in [9.17, 15) is 29.4 Å². The van der Waals surface area contributed by atoms with Crippen molar-refractivity contribution in [2.75, 3.05) is 0 Å². The summed E-state index contributed by atoms with van der Waals surface area (Å²) >= 11 is 0. The molecule has 0 saturated carbocycles. The highest BCUT2D eigenvalue weighted by molar-refractivity contribution is 5.85. The average molecular weight is 611 g/mol. The number of pyridine rings is 4. The summed E-state index contributed by atoms with van der Waals surface area (Å²) < 4.78 is 0. The number of aromatic nitrogens is 4. The summed E-state index contributed by atoms with van der Waals surface area (Å²) in [6, 6.07) is 19.0. The predicted molar refractivity (Wildman–Crippen MR) is 145 cm³/mol. The molecular formula is C28H30N6O10. The van der Waals surface area contributed by atoms with Crippen LogP contribution in [0.3, 0.4) is 0 Å². The van der Waals surface area contributed by atoms with Gasteiger partial charge < -0.3 is 51.6 Å². The van der Waals surface area contributed by atoms with E-state index >= 15 is 0 Å². The predicted octanol–water partition coefficient (Wildman–Crippen LogP) is -4.05. The first-order chi connectivity index (χ1) is 20.1. The number of carbonyl (C=O) groups excluding carboxylic acids is 2. The van der Waals surface area contributed by atoms with E-state index in [0.29, 0.717) is 49.0 Å². The molecule has 4 rings (SSSR count). The van der Waals surface area contributed by atoms with Gasteiger partial charge in [0.05, 0.1) is 46.1 Å². The first kappa shape index (κ1) is 36.3. The van der Waals surface area contributed by atoms with Crippen LogP contribution < -0.4 is 20.8 Å². The lowest BCUT2D eigenvalue weighted by molar-refractivity contribution is -0.687. The molecule has 44 heavy (non-hydrogen) atoms. The summed E-state index contributed by atoms with van der Waals surface area (Å²) in [5.41, 5.74) is 2.25. The zero-order valence-electron chi connectivity index (χ0n) is 23.0. The highest BCUT2D eigenvalue weighted by Crippen LogP contribution is 2.01. The maximum Gasteiger partial charge on any atom is 0.354 e. The third-order valence-corrected chi connectivity index (χ3v) is 5.50. The molecule has 4 heterocycles. The molecule has 0 aromatic carbocycles. The minimum Gasteiger partial charge on any atom is -0.543 e. The van der Waals surface area contributed by atoms with Gasteiger partial charge in [-0.1, -0.05) is 24.3 Å². The van der Waals surface area contributed by atoms with Crippen molar-refractivity contribution in [2.45, 2.75) is 26.2 Å². The number of hydrogen-bond acceptors (Lipinski definition) is 10. The molecule has 0 unspecified atom stereocenters. The Hall–Kier alpha value is -5.68. The Kier molecular flexibility index (Phi) is 14.9. The zero-order chi connectivity index (χ0) is 30.5. The molecule has 0 aliphatic heterocycles. The monoisotopic (exact) mass is 610 g/mol. The Labute approximate surface area is 249 Å². The molecule has 0 aliphatic carbocycles. The van der Waals surface area contributed by atoms with Crippen molar-refractivity contribution in [1.82, 2.24) is 19.9 Å². The molecule has 10 N–H and O–H groups in total. The van der Waals surface area contributed by atoms with Crippen LogP contribution in [0.15, 0.2) is 72.8 Å². The quantitative estimate of drug-likeness (QED) is 0.119. The Balaban J connectivity index is 0.000000421. The number of carbonyl (C=O) groups is 4. The Morgan fingerprint density at radius 3 is 1.00 bits per heavy atom. The Morgan fingerprint density at radius 1 is 0.500 bits per heavy atom. The van der Waals surface area contributed by atoms with Crippen LogP contribution in [0.4, 0.5) is 0 Å². The topological polar surface area (TPSA) is 303 Å². The molecule has 16 heteroatoms. The van der Waals surface area contributed by atoms with Gasteiger partial charge in [-0.3, -0.25) is 0 Å². The molecule has 232 valence electrons.